The van der Waals surface area contributed by atoms with Crippen LogP contribution in [0.25, 0.3) is 0 Å². The molecule has 0 aliphatic carbocycles. The van der Waals surface area contributed by atoms with Crippen molar-refractivity contribution in [3.05, 3.63) is 39.4 Å². The Morgan fingerprint density at radius 3 is 2.57 bits per heavy atom. The second kappa shape index (κ2) is 4.00. The Kier molecular flexibility index (Phi) is 2.96. The number of ketones is 1. The fourth-order valence-electron chi connectivity index (χ4n) is 1.27. The van der Waals surface area contributed by atoms with Crippen LogP contribution in [0.1, 0.15) is 29.8 Å². The van der Waals surface area contributed by atoms with Crippen molar-refractivity contribution in [2.75, 3.05) is 0 Å². The third kappa shape index (κ3) is 1.96. The molecule has 1 aromatic rings. The van der Waals surface area contributed by atoms with Crippen LogP contribution in [0.2, 0.25) is 0 Å². The van der Waals surface area contributed by atoms with Crippen LogP contribution in [0, 0.1) is 10.1 Å². The summed E-state index contributed by atoms with van der Waals surface area (Å²) in [5.41, 5.74) is 1.20. The number of aryl methyl sites for hydroxylation is 1. The van der Waals surface area contributed by atoms with Crippen molar-refractivity contribution >= 4 is 11.5 Å². The Labute approximate surface area is 81.7 Å². The number of benzene rings is 1. The molecule has 0 aliphatic rings. The van der Waals surface area contributed by atoms with Crippen molar-refractivity contribution in [2.45, 2.75) is 20.3 Å². The predicted octanol–water partition coefficient (Wildman–Crippen LogP) is 2.36. The minimum absolute atomic E-state index is 0.0744. The molecule has 0 bridgehead atoms. The van der Waals surface area contributed by atoms with Gasteiger partial charge in [0.1, 0.15) is 0 Å². The van der Waals surface area contributed by atoms with E-state index in [0.717, 1.165) is 0 Å². The highest BCUT2D eigenvalue weighted by atomic mass is 16.6. The summed E-state index contributed by atoms with van der Waals surface area (Å²) >= 11 is 0. The first-order valence-corrected chi connectivity index (χ1v) is 4.34. The summed E-state index contributed by atoms with van der Waals surface area (Å²) in [6, 6.07) is 4.45. The molecule has 0 amide bonds. The van der Waals surface area contributed by atoms with Crippen LogP contribution in [0.5, 0.6) is 0 Å². The highest BCUT2D eigenvalue weighted by Gasteiger charge is 2.13. The molecule has 0 spiro atoms. The number of Topliss-reactive ketones (excluding diaryl/α,β-unsaturated/α-hetero) is 1. The predicted molar refractivity (Wildman–Crippen MR) is 52.5 cm³/mol. The quantitative estimate of drug-likeness (QED) is 0.420. The zero-order valence-electron chi connectivity index (χ0n) is 8.11. The van der Waals surface area contributed by atoms with Crippen molar-refractivity contribution in [2.24, 2.45) is 0 Å². The molecule has 0 fully saturated rings. The highest BCUT2D eigenvalue weighted by Crippen LogP contribution is 2.20. The van der Waals surface area contributed by atoms with Crippen LogP contribution in [-0.2, 0) is 6.42 Å². The fraction of sp³-hybridized carbons (Fsp3) is 0.300. The van der Waals surface area contributed by atoms with Crippen molar-refractivity contribution < 1.29 is 9.72 Å². The van der Waals surface area contributed by atoms with Gasteiger partial charge >= 0.3 is 0 Å². The molecule has 0 radical (unpaired) electrons. The molecule has 0 heterocycles. The van der Waals surface area contributed by atoms with E-state index in [1.807, 2.05) is 6.92 Å². The number of hydrogen-bond donors (Lipinski definition) is 0. The molecule has 0 N–H and O–H groups in total. The highest BCUT2D eigenvalue weighted by molar-refractivity contribution is 5.94. The maximum absolute atomic E-state index is 11.0. The van der Waals surface area contributed by atoms with Crippen molar-refractivity contribution in [3.8, 4) is 0 Å². The fourth-order valence-corrected chi connectivity index (χ4v) is 1.27. The van der Waals surface area contributed by atoms with Crippen LogP contribution >= 0.6 is 0 Å². The largest absolute Gasteiger partial charge is 0.295 e. The number of hydrogen-bond acceptors (Lipinski definition) is 3. The first kappa shape index (κ1) is 10.4. The van der Waals surface area contributed by atoms with Crippen LogP contribution in [-0.4, -0.2) is 10.7 Å². The topological polar surface area (TPSA) is 60.2 Å². The summed E-state index contributed by atoms with van der Waals surface area (Å²) in [5, 5.41) is 10.6. The van der Waals surface area contributed by atoms with Gasteiger partial charge in [-0.05, 0) is 25.5 Å². The van der Waals surface area contributed by atoms with Gasteiger partial charge < -0.3 is 0 Å². The van der Waals surface area contributed by atoms with E-state index >= 15 is 0 Å². The molecule has 0 saturated heterocycles. The lowest BCUT2D eigenvalue weighted by molar-refractivity contribution is -0.385. The van der Waals surface area contributed by atoms with Crippen LogP contribution in [0.4, 0.5) is 5.69 Å². The number of nitro groups is 1. The van der Waals surface area contributed by atoms with Crippen molar-refractivity contribution in [1.82, 2.24) is 0 Å². The van der Waals surface area contributed by atoms with E-state index in [0.29, 0.717) is 17.5 Å². The summed E-state index contributed by atoms with van der Waals surface area (Å²) in [4.78, 5) is 21.2. The van der Waals surface area contributed by atoms with Gasteiger partial charge in [0.2, 0.25) is 0 Å². The van der Waals surface area contributed by atoms with Gasteiger partial charge in [-0.1, -0.05) is 6.92 Å². The Hall–Kier alpha value is -1.71. The molecule has 1 rings (SSSR count). The van der Waals surface area contributed by atoms with Gasteiger partial charge in [-0.25, -0.2) is 0 Å². The van der Waals surface area contributed by atoms with Gasteiger partial charge in [-0.15, -0.1) is 0 Å². The summed E-state index contributed by atoms with van der Waals surface area (Å²) in [6.45, 7) is 3.27. The van der Waals surface area contributed by atoms with E-state index in [1.165, 1.54) is 19.1 Å². The molecule has 74 valence electrons. The summed E-state index contributed by atoms with van der Waals surface area (Å²) in [5.74, 6) is -0.0744. The number of rotatable bonds is 3. The number of nitrogens with zero attached hydrogens (tertiary/aromatic N) is 1. The third-order valence-corrected chi connectivity index (χ3v) is 2.06. The average Bonchev–Trinajstić information content (AvgIpc) is 2.16. The van der Waals surface area contributed by atoms with Crippen LogP contribution in [0.3, 0.4) is 0 Å². The van der Waals surface area contributed by atoms with Crippen molar-refractivity contribution in [1.29, 1.82) is 0 Å². The van der Waals surface area contributed by atoms with Gasteiger partial charge in [-0.2, -0.15) is 0 Å². The van der Waals surface area contributed by atoms with Crippen LogP contribution < -0.4 is 0 Å². The van der Waals surface area contributed by atoms with Gasteiger partial charge in [0.25, 0.3) is 5.69 Å². The normalized spacial score (nSPS) is 9.86. The van der Waals surface area contributed by atoms with E-state index in [9.17, 15) is 14.9 Å². The third-order valence-electron chi connectivity index (χ3n) is 2.06. The van der Waals surface area contributed by atoms with E-state index in [2.05, 4.69) is 0 Å². The monoisotopic (exact) mass is 193 g/mol. The summed E-state index contributed by atoms with van der Waals surface area (Å²) in [6.07, 6.45) is 0.553. The lowest BCUT2D eigenvalue weighted by Crippen LogP contribution is -1.98. The molecule has 0 aliphatic heterocycles. The zero-order chi connectivity index (χ0) is 10.7. The zero-order valence-corrected chi connectivity index (χ0v) is 8.11. The van der Waals surface area contributed by atoms with E-state index in [4.69, 9.17) is 0 Å². The standard InChI is InChI=1S/C10H11NO3/c1-3-8-6-9(7(2)12)4-5-10(8)11(13)14/h4-6H,3H2,1-2H3. The minimum Gasteiger partial charge on any atom is -0.295 e. The first-order chi connectivity index (χ1) is 6.56. The number of carbonyl (C=O) groups is 1. The lowest BCUT2D eigenvalue weighted by Gasteiger charge is -2.01. The first-order valence-electron chi connectivity index (χ1n) is 4.34. The Bertz CT molecular complexity index is 385. The molecule has 4 heteroatoms. The molecule has 0 aromatic heterocycles. The number of nitro benzene ring substituents is 1. The molecule has 0 unspecified atom stereocenters. The van der Waals surface area contributed by atoms with E-state index in [-0.39, 0.29) is 11.5 Å². The maximum Gasteiger partial charge on any atom is 0.272 e. The summed E-state index contributed by atoms with van der Waals surface area (Å²) in [7, 11) is 0. The second-order valence-corrected chi connectivity index (χ2v) is 3.01. The van der Waals surface area contributed by atoms with E-state index in [1.54, 1.807) is 6.07 Å². The molecule has 0 saturated carbocycles. The smallest absolute Gasteiger partial charge is 0.272 e. The van der Waals surface area contributed by atoms with E-state index < -0.39 is 4.92 Å². The molecule has 1 aromatic carbocycles. The summed E-state index contributed by atoms with van der Waals surface area (Å²) < 4.78 is 0. The molecular weight excluding hydrogens is 182 g/mol. The van der Waals surface area contributed by atoms with Crippen molar-refractivity contribution in [3.63, 3.8) is 0 Å². The Morgan fingerprint density at radius 2 is 2.14 bits per heavy atom. The number of carbonyl (C=O) groups excluding carboxylic acids is 1. The SMILES string of the molecule is CCc1cc(C(C)=O)ccc1[N+](=O)[O-]. The molecule has 4 nitrogen and oxygen atoms in total. The second-order valence-electron chi connectivity index (χ2n) is 3.01. The van der Waals surface area contributed by atoms with Gasteiger partial charge in [0, 0.05) is 17.2 Å². The molecule has 0 atom stereocenters. The Balaban J connectivity index is 3.25. The minimum atomic E-state index is -0.428. The molecule has 14 heavy (non-hydrogen) atoms. The van der Waals surface area contributed by atoms with Gasteiger partial charge in [0.05, 0.1) is 4.92 Å². The molecular formula is C10H11NO3. The Morgan fingerprint density at radius 1 is 1.50 bits per heavy atom. The van der Waals surface area contributed by atoms with Gasteiger partial charge in [0.15, 0.2) is 5.78 Å². The van der Waals surface area contributed by atoms with Crippen LogP contribution in [0.15, 0.2) is 18.2 Å². The van der Waals surface area contributed by atoms with Gasteiger partial charge in [-0.3, -0.25) is 14.9 Å². The lowest BCUT2D eigenvalue weighted by atomic mass is 10.0. The average molecular weight is 193 g/mol. The maximum atomic E-state index is 11.0.